The zero-order valence-corrected chi connectivity index (χ0v) is 13.0. The number of carbonyl (C=O) groups is 1. The zero-order valence-electron chi connectivity index (χ0n) is 11.4. The SMILES string of the molecule is CN(CC(=O)NCc1ccncc1)S(=O)(=O)c1cccs1. The number of thiophene rings is 1. The summed E-state index contributed by atoms with van der Waals surface area (Å²) in [5, 5.41) is 4.36. The van der Waals surface area contributed by atoms with Gasteiger partial charge in [0.15, 0.2) is 0 Å². The maximum atomic E-state index is 12.2. The van der Waals surface area contributed by atoms with Crippen LogP contribution in [0.4, 0.5) is 0 Å². The van der Waals surface area contributed by atoms with Crippen LogP contribution in [0.25, 0.3) is 0 Å². The van der Waals surface area contributed by atoms with Crippen LogP contribution in [0, 0.1) is 0 Å². The van der Waals surface area contributed by atoms with E-state index in [4.69, 9.17) is 0 Å². The van der Waals surface area contributed by atoms with Gasteiger partial charge in [-0.05, 0) is 29.1 Å². The molecule has 0 unspecified atom stereocenters. The van der Waals surface area contributed by atoms with E-state index in [1.807, 2.05) is 0 Å². The Bertz CT molecular complexity index is 685. The Kier molecular flexibility index (Phi) is 5.05. The second-order valence-corrected chi connectivity index (χ2v) is 7.54. The van der Waals surface area contributed by atoms with E-state index in [0.29, 0.717) is 6.54 Å². The molecule has 2 aromatic rings. The first-order chi connectivity index (χ1) is 10.00. The fraction of sp³-hybridized carbons (Fsp3) is 0.231. The van der Waals surface area contributed by atoms with Crippen molar-refractivity contribution in [1.29, 1.82) is 0 Å². The summed E-state index contributed by atoms with van der Waals surface area (Å²) in [7, 11) is -2.20. The lowest BCUT2D eigenvalue weighted by Crippen LogP contribution is -2.37. The fourth-order valence-electron chi connectivity index (χ4n) is 1.61. The monoisotopic (exact) mass is 325 g/mol. The lowest BCUT2D eigenvalue weighted by molar-refractivity contribution is -0.121. The Balaban J connectivity index is 1.91. The molecule has 6 nitrogen and oxygen atoms in total. The van der Waals surface area contributed by atoms with Crippen molar-refractivity contribution in [1.82, 2.24) is 14.6 Å². The van der Waals surface area contributed by atoms with Crippen molar-refractivity contribution in [3.63, 3.8) is 0 Å². The fourth-order valence-corrected chi connectivity index (χ4v) is 3.94. The maximum Gasteiger partial charge on any atom is 0.252 e. The Labute approximate surface area is 127 Å². The summed E-state index contributed by atoms with van der Waals surface area (Å²) >= 11 is 1.13. The molecule has 0 atom stereocenters. The topological polar surface area (TPSA) is 79.4 Å². The molecule has 2 aromatic heterocycles. The molecule has 0 aliphatic carbocycles. The normalized spacial score (nSPS) is 11.5. The molecule has 0 radical (unpaired) electrons. The quantitative estimate of drug-likeness (QED) is 0.862. The number of rotatable bonds is 6. The van der Waals surface area contributed by atoms with E-state index in [1.165, 1.54) is 13.1 Å². The predicted molar refractivity (Wildman–Crippen MR) is 80.2 cm³/mol. The summed E-state index contributed by atoms with van der Waals surface area (Å²) in [6.45, 7) is 0.125. The van der Waals surface area contributed by atoms with Gasteiger partial charge in [0, 0.05) is 26.0 Å². The van der Waals surface area contributed by atoms with Gasteiger partial charge in [-0.15, -0.1) is 11.3 Å². The summed E-state index contributed by atoms with van der Waals surface area (Å²) < 4.78 is 25.6. The van der Waals surface area contributed by atoms with Crippen molar-refractivity contribution in [3.8, 4) is 0 Å². The van der Waals surface area contributed by atoms with Crippen molar-refractivity contribution in [2.24, 2.45) is 0 Å². The molecular weight excluding hydrogens is 310 g/mol. The first-order valence-electron chi connectivity index (χ1n) is 6.15. The van der Waals surface area contributed by atoms with E-state index in [1.54, 1.807) is 36.0 Å². The average Bonchev–Trinajstić information content (AvgIpc) is 3.01. The Hall–Kier alpha value is -1.77. The van der Waals surface area contributed by atoms with Gasteiger partial charge >= 0.3 is 0 Å². The molecule has 2 rings (SSSR count). The van der Waals surface area contributed by atoms with Crippen LogP contribution < -0.4 is 5.32 Å². The minimum Gasteiger partial charge on any atom is -0.351 e. The van der Waals surface area contributed by atoms with Crippen molar-refractivity contribution in [2.45, 2.75) is 10.8 Å². The third-order valence-electron chi connectivity index (χ3n) is 2.76. The summed E-state index contributed by atoms with van der Waals surface area (Å²) in [4.78, 5) is 15.7. The molecule has 112 valence electrons. The smallest absolute Gasteiger partial charge is 0.252 e. The highest BCUT2D eigenvalue weighted by atomic mass is 32.2. The van der Waals surface area contributed by atoms with Gasteiger partial charge in [-0.1, -0.05) is 6.07 Å². The van der Waals surface area contributed by atoms with Crippen molar-refractivity contribution >= 4 is 27.3 Å². The van der Waals surface area contributed by atoms with Crippen molar-refractivity contribution in [2.75, 3.05) is 13.6 Å². The highest BCUT2D eigenvalue weighted by Crippen LogP contribution is 2.19. The largest absolute Gasteiger partial charge is 0.351 e. The van der Waals surface area contributed by atoms with E-state index < -0.39 is 10.0 Å². The van der Waals surface area contributed by atoms with E-state index >= 15 is 0 Å². The first-order valence-corrected chi connectivity index (χ1v) is 8.47. The predicted octanol–water partition coefficient (Wildman–Crippen LogP) is 1.08. The van der Waals surface area contributed by atoms with Crippen LogP contribution >= 0.6 is 11.3 Å². The van der Waals surface area contributed by atoms with Gasteiger partial charge < -0.3 is 5.32 Å². The van der Waals surface area contributed by atoms with Crippen LogP contribution in [-0.2, 0) is 21.4 Å². The molecule has 0 fully saturated rings. The maximum absolute atomic E-state index is 12.2. The first kappa shape index (κ1) is 15.6. The number of nitrogens with one attached hydrogen (secondary N) is 1. The van der Waals surface area contributed by atoms with Gasteiger partial charge in [-0.25, -0.2) is 8.42 Å². The molecule has 0 spiro atoms. The number of sulfonamides is 1. The van der Waals surface area contributed by atoms with Crippen LogP contribution in [0.15, 0.2) is 46.2 Å². The van der Waals surface area contributed by atoms with Gasteiger partial charge in [-0.2, -0.15) is 4.31 Å². The van der Waals surface area contributed by atoms with Gasteiger partial charge in [0.05, 0.1) is 6.54 Å². The van der Waals surface area contributed by atoms with E-state index in [-0.39, 0.29) is 16.7 Å². The Morgan fingerprint density at radius 2 is 2.05 bits per heavy atom. The highest BCUT2D eigenvalue weighted by Gasteiger charge is 2.23. The Morgan fingerprint density at radius 3 is 2.67 bits per heavy atom. The zero-order chi connectivity index (χ0) is 15.3. The minimum absolute atomic E-state index is 0.217. The molecule has 1 N–H and O–H groups in total. The van der Waals surface area contributed by atoms with Crippen LogP contribution in [-0.4, -0.2) is 37.2 Å². The van der Waals surface area contributed by atoms with Crippen molar-refractivity contribution in [3.05, 3.63) is 47.6 Å². The molecule has 0 saturated heterocycles. The lowest BCUT2D eigenvalue weighted by atomic mass is 10.3. The van der Waals surface area contributed by atoms with Gasteiger partial charge in [0.1, 0.15) is 4.21 Å². The van der Waals surface area contributed by atoms with Crippen molar-refractivity contribution < 1.29 is 13.2 Å². The number of hydrogen-bond acceptors (Lipinski definition) is 5. The average molecular weight is 325 g/mol. The van der Waals surface area contributed by atoms with Crippen LogP contribution in [0.3, 0.4) is 0 Å². The van der Waals surface area contributed by atoms with E-state index in [9.17, 15) is 13.2 Å². The molecule has 1 amide bonds. The molecule has 0 aliphatic heterocycles. The number of carbonyl (C=O) groups excluding carboxylic acids is 1. The standard InChI is InChI=1S/C13H15N3O3S2/c1-16(21(18,19)13-3-2-8-20-13)10-12(17)15-9-11-4-6-14-7-5-11/h2-8H,9-10H2,1H3,(H,15,17). The molecule has 8 heteroatoms. The molecule has 21 heavy (non-hydrogen) atoms. The second-order valence-electron chi connectivity index (χ2n) is 4.33. The molecule has 2 heterocycles. The summed E-state index contributed by atoms with van der Waals surface area (Å²) in [5.74, 6) is -0.352. The number of hydrogen-bond donors (Lipinski definition) is 1. The summed E-state index contributed by atoms with van der Waals surface area (Å²) in [5.41, 5.74) is 0.905. The number of aromatic nitrogens is 1. The number of likely N-dealkylation sites (N-methyl/N-ethyl adjacent to an activating group) is 1. The summed E-state index contributed by atoms with van der Waals surface area (Å²) in [6, 6.07) is 6.75. The molecule has 0 bridgehead atoms. The number of nitrogens with zero attached hydrogens (tertiary/aromatic N) is 2. The number of amides is 1. The van der Waals surface area contributed by atoms with Crippen LogP contribution in [0.5, 0.6) is 0 Å². The third-order valence-corrected chi connectivity index (χ3v) is 5.94. The van der Waals surface area contributed by atoms with E-state index in [2.05, 4.69) is 10.3 Å². The Morgan fingerprint density at radius 1 is 1.33 bits per heavy atom. The molecular formula is C13H15N3O3S2. The highest BCUT2D eigenvalue weighted by molar-refractivity contribution is 7.91. The molecule has 0 aromatic carbocycles. The molecule has 0 aliphatic rings. The number of pyridine rings is 1. The summed E-state index contributed by atoms with van der Waals surface area (Å²) in [6.07, 6.45) is 3.27. The van der Waals surface area contributed by atoms with Gasteiger partial charge in [-0.3, -0.25) is 9.78 Å². The molecule has 0 saturated carbocycles. The van der Waals surface area contributed by atoms with E-state index in [0.717, 1.165) is 21.2 Å². The second kappa shape index (κ2) is 6.79. The van der Waals surface area contributed by atoms with Gasteiger partial charge in [0.25, 0.3) is 10.0 Å². The third kappa shape index (κ3) is 4.10. The minimum atomic E-state index is -3.59. The van der Waals surface area contributed by atoms with Crippen LogP contribution in [0.2, 0.25) is 0 Å². The van der Waals surface area contributed by atoms with Gasteiger partial charge in [0.2, 0.25) is 5.91 Å². The lowest BCUT2D eigenvalue weighted by Gasteiger charge is -2.15. The van der Waals surface area contributed by atoms with Crippen LogP contribution in [0.1, 0.15) is 5.56 Å².